The van der Waals surface area contributed by atoms with Crippen molar-refractivity contribution in [1.29, 1.82) is 0 Å². The molecular weight excluding hydrogens is 246 g/mol. The molecule has 102 valence electrons. The van der Waals surface area contributed by atoms with Crippen LogP contribution in [-0.2, 0) is 4.79 Å². The van der Waals surface area contributed by atoms with E-state index in [4.69, 9.17) is 5.11 Å². The molecule has 1 aromatic heterocycles. The van der Waals surface area contributed by atoms with Crippen LogP contribution in [0, 0.1) is 0 Å². The van der Waals surface area contributed by atoms with Gasteiger partial charge in [0.25, 0.3) is 0 Å². The Balaban J connectivity index is 2.67. The topological polar surface area (TPSA) is 40.5 Å². The average Bonchev–Trinajstić information content (AvgIpc) is 2.81. The van der Waals surface area contributed by atoms with E-state index in [1.807, 2.05) is 0 Å². The third kappa shape index (κ3) is 4.42. The number of thiophene rings is 1. The monoisotopic (exact) mass is 269 g/mol. The van der Waals surface area contributed by atoms with Gasteiger partial charge in [-0.3, -0.25) is 9.69 Å². The molecule has 3 nitrogen and oxygen atoms in total. The summed E-state index contributed by atoms with van der Waals surface area (Å²) in [5, 5.41) is 10.8. The molecule has 1 N–H and O–H groups in total. The predicted molar refractivity (Wildman–Crippen MR) is 76.1 cm³/mol. The minimum absolute atomic E-state index is 0.254. The number of carbonyl (C=O) groups is 1. The first-order chi connectivity index (χ1) is 8.56. The van der Waals surface area contributed by atoms with Crippen molar-refractivity contribution in [2.24, 2.45) is 0 Å². The summed E-state index contributed by atoms with van der Waals surface area (Å²) in [6.07, 6.45) is 2.03. The van der Waals surface area contributed by atoms with Gasteiger partial charge in [0, 0.05) is 23.4 Å². The Morgan fingerprint density at radius 3 is 2.67 bits per heavy atom. The zero-order chi connectivity index (χ0) is 13.5. The van der Waals surface area contributed by atoms with Crippen molar-refractivity contribution < 1.29 is 9.90 Å². The number of hydrogen-bond donors (Lipinski definition) is 1. The van der Waals surface area contributed by atoms with Crippen LogP contribution in [0.4, 0.5) is 0 Å². The Kier molecular flexibility index (Phi) is 6.36. The number of carboxylic acids is 1. The largest absolute Gasteiger partial charge is 0.481 e. The fourth-order valence-electron chi connectivity index (χ4n) is 2.27. The summed E-state index contributed by atoms with van der Waals surface area (Å²) in [6.45, 7) is 7.39. The molecule has 0 spiro atoms. The minimum atomic E-state index is -0.706. The minimum Gasteiger partial charge on any atom is -0.481 e. The van der Waals surface area contributed by atoms with Crippen molar-refractivity contribution in [2.45, 2.75) is 52.1 Å². The molecule has 4 heteroatoms. The summed E-state index contributed by atoms with van der Waals surface area (Å²) >= 11 is 1.78. The Bertz CT molecular complexity index is 349. The van der Waals surface area contributed by atoms with E-state index < -0.39 is 5.97 Å². The molecule has 1 unspecified atom stereocenters. The molecule has 18 heavy (non-hydrogen) atoms. The molecule has 0 amide bonds. The van der Waals surface area contributed by atoms with Crippen LogP contribution in [0.15, 0.2) is 17.5 Å². The maximum Gasteiger partial charge on any atom is 0.303 e. The normalized spacial score (nSPS) is 13.2. The first-order valence-corrected chi connectivity index (χ1v) is 7.45. The van der Waals surface area contributed by atoms with Gasteiger partial charge in [-0.25, -0.2) is 0 Å². The molecule has 0 fully saturated rings. The van der Waals surface area contributed by atoms with E-state index in [1.54, 1.807) is 11.3 Å². The van der Waals surface area contributed by atoms with Crippen LogP contribution in [-0.4, -0.2) is 28.6 Å². The summed E-state index contributed by atoms with van der Waals surface area (Å²) in [5.74, 6) is -0.706. The van der Waals surface area contributed by atoms with E-state index in [2.05, 4.69) is 43.2 Å². The van der Waals surface area contributed by atoms with Gasteiger partial charge in [0.1, 0.15) is 0 Å². The molecule has 1 aromatic rings. The van der Waals surface area contributed by atoms with E-state index >= 15 is 0 Å². The molecule has 0 aliphatic rings. The van der Waals surface area contributed by atoms with Crippen LogP contribution in [0.5, 0.6) is 0 Å². The summed E-state index contributed by atoms with van der Waals surface area (Å²) < 4.78 is 0. The summed E-state index contributed by atoms with van der Waals surface area (Å²) in [6, 6.07) is 5.11. The van der Waals surface area contributed by atoms with Crippen molar-refractivity contribution >= 4 is 17.3 Å². The van der Waals surface area contributed by atoms with Crippen LogP contribution in [0.3, 0.4) is 0 Å². The summed E-state index contributed by atoms with van der Waals surface area (Å²) in [7, 11) is 0. The molecular formula is C14H23NO2S. The second kappa shape index (κ2) is 7.54. The molecule has 0 saturated heterocycles. The van der Waals surface area contributed by atoms with Crippen molar-refractivity contribution in [3.8, 4) is 0 Å². The van der Waals surface area contributed by atoms with Crippen molar-refractivity contribution in [3.05, 3.63) is 22.4 Å². The van der Waals surface area contributed by atoms with E-state index in [0.29, 0.717) is 12.1 Å². The standard InChI is InChI=1S/C14H23NO2S/c1-4-12(13-7-6-10-18-13)15(11(2)3)9-5-8-14(16)17/h6-7,10-12H,4-5,8-9H2,1-3H3,(H,16,17). The van der Waals surface area contributed by atoms with Crippen LogP contribution in [0.1, 0.15) is 51.0 Å². The second-order valence-electron chi connectivity index (χ2n) is 4.77. The zero-order valence-electron chi connectivity index (χ0n) is 11.4. The van der Waals surface area contributed by atoms with Crippen LogP contribution < -0.4 is 0 Å². The lowest BCUT2D eigenvalue weighted by atomic mass is 10.1. The first-order valence-electron chi connectivity index (χ1n) is 6.57. The smallest absolute Gasteiger partial charge is 0.303 e. The van der Waals surface area contributed by atoms with Crippen LogP contribution >= 0.6 is 11.3 Å². The van der Waals surface area contributed by atoms with E-state index in [1.165, 1.54) is 4.88 Å². The van der Waals surface area contributed by atoms with E-state index in [-0.39, 0.29) is 6.42 Å². The fourth-order valence-corrected chi connectivity index (χ4v) is 3.20. The number of hydrogen-bond acceptors (Lipinski definition) is 3. The molecule has 0 aromatic carbocycles. The van der Waals surface area contributed by atoms with Crippen molar-refractivity contribution in [3.63, 3.8) is 0 Å². The molecule has 1 atom stereocenters. The van der Waals surface area contributed by atoms with Gasteiger partial charge >= 0.3 is 5.97 Å². The SMILES string of the molecule is CCC(c1cccs1)N(CCCC(=O)O)C(C)C. The van der Waals surface area contributed by atoms with Gasteiger partial charge in [0.2, 0.25) is 0 Å². The van der Waals surface area contributed by atoms with Gasteiger partial charge < -0.3 is 5.11 Å². The predicted octanol–water partition coefficient (Wildman–Crippen LogP) is 3.77. The molecule has 0 saturated carbocycles. The highest BCUT2D eigenvalue weighted by atomic mass is 32.1. The lowest BCUT2D eigenvalue weighted by Crippen LogP contribution is -2.35. The number of carboxylic acid groups (broad SMARTS) is 1. The van der Waals surface area contributed by atoms with Gasteiger partial charge in [-0.1, -0.05) is 13.0 Å². The van der Waals surface area contributed by atoms with Crippen molar-refractivity contribution in [1.82, 2.24) is 4.90 Å². The lowest BCUT2D eigenvalue weighted by Gasteiger charge is -2.34. The highest BCUT2D eigenvalue weighted by molar-refractivity contribution is 7.10. The Morgan fingerprint density at radius 2 is 2.22 bits per heavy atom. The molecule has 1 heterocycles. The lowest BCUT2D eigenvalue weighted by molar-refractivity contribution is -0.137. The highest BCUT2D eigenvalue weighted by Gasteiger charge is 2.21. The third-order valence-electron chi connectivity index (χ3n) is 3.13. The second-order valence-corrected chi connectivity index (χ2v) is 5.75. The summed E-state index contributed by atoms with van der Waals surface area (Å²) in [4.78, 5) is 14.4. The Morgan fingerprint density at radius 1 is 1.50 bits per heavy atom. The maximum absolute atomic E-state index is 10.6. The summed E-state index contributed by atoms with van der Waals surface area (Å²) in [5.41, 5.74) is 0. The van der Waals surface area contributed by atoms with Gasteiger partial charge in [-0.2, -0.15) is 0 Å². The van der Waals surface area contributed by atoms with E-state index in [0.717, 1.165) is 19.4 Å². The quantitative estimate of drug-likeness (QED) is 0.781. The fraction of sp³-hybridized carbons (Fsp3) is 0.643. The molecule has 0 radical (unpaired) electrons. The number of rotatable bonds is 8. The van der Waals surface area contributed by atoms with Crippen molar-refractivity contribution in [2.75, 3.05) is 6.54 Å². The number of nitrogens with zero attached hydrogens (tertiary/aromatic N) is 1. The highest BCUT2D eigenvalue weighted by Crippen LogP contribution is 2.29. The molecule has 0 aliphatic carbocycles. The van der Waals surface area contributed by atoms with E-state index in [9.17, 15) is 4.79 Å². The van der Waals surface area contributed by atoms with Gasteiger partial charge in [-0.05, 0) is 44.7 Å². The van der Waals surface area contributed by atoms with Crippen LogP contribution in [0.25, 0.3) is 0 Å². The third-order valence-corrected chi connectivity index (χ3v) is 4.10. The zero-order valence-corrected chi connectivity index (χ0v) is 12.2. The Labute approximate surface area is 113 Å². The first kappa shape index (κ1) is 15.2. The van der Waals surface area contributed by atoms with Gasteiger partial charge in [-0.15, -0.1) is 11.3 Å². The average molecular weight is 269 g/mol. The Hall–Kier alpha value is -0.870. The van der Waals surface area contributed by atoms with Gasteiger partial charge in [0.05, 0.1) is 0 Å². The van der Waals surface area contributed by atoms with Crippen LogP contribution in [0.2, 0.25) is 0 Å². The van der Waals surface area contributed by atoms with Gasteiger partial charge in [0.15, 0.2) is 0 Å². The molecule has 0 aliphatic heterocycles. The maximum atomic E-state index is 10.6. The molecule has 0 bridgehead atoms. The molecule has 1 rings (SSSR count). The number of aliphatic carboxylic acids is 1.